The van der Waals surface area contributed by atoms with Gasteiger partial charge in [-0.25, -0.2) is 5.84 Å². The lowest BCUT2D eigenvalue weighted by atomic mass is 10.3. The van der Waals surface area contributed by atoms with Crippen molar-refractivity contribution in [3.63, 3.8) is 0 Å². The summed E-state index contributed by atoms with van der Waals surface area (Å²) < 4.78 is 0. The molecular formula is C9H16N2. The predicted molar refractivity (Wildman–Crippen MR) is 49.4 cm³/mol. The van der Waals surface area contributed by atoms with Gasteiger partial charge in [0.05, 0.1) is 5.70 Å². The van der Waals surface area contributed by atoms with Crippen molar-refractivity contribution in [3.8, 4) is 0 Å². The van der Waals surface area contributed by atoms with Gasteiger partial charge in [0.15, 0.2) is 0 Å². The van der Waals surface area contributed by atoms with Crippen LogP contribution in [0.3, 0.4) is 0 Å². The average molecular weight is 152 g/mol. The van der Waals surface area contributed by atoms with E-state index in [1.807, 2.05) is 51.3 Å². The van der Waals surface area contributed by atoms with Gasteiger partial charge in [0.1, 0.15) is 0 Å². The molecule has 1 heterocycles. The van der Waals surface area contributed by atoms with E-state index < -0.39 is 0 Å². The molecule has 1 aliphatic heterocycles. The topological polar surface area (TPSA) is 29.3 Å². The molecule has 0 aromatic heterocycles. The average Bonchev–Trinajstić information content (AvgIpc) is 2.09. The molecule has 0 saturated heterocycles. The van der Waals surface area contributed by atoms with Gasteiger partial charge in [-0.15, -0.1) is 0 Å². The Morgan fingerprint density at radius 3 is 2.36 bits per heavy atom. The van der Waals surface area contributed by atoms with Crippen molar-refractivity contribution in [1.82, 2.24) is 5.01 Å². The molecule has 0 bridgehead atoms. The summed E-state index contributed by atoms with van der Waals surface area (Å²) in [7, 11) is 0. The zero-order chi connectivity index (χ0) is 8.69. The molecule has 2 nitrogen and oxygen atoms in total. The van der Waals surface area contributed by atoms with Crippen LogP contribution in [0.1, 0.15) is 20.8 Å². The summed E-state index contributed by atoms with van der Waals surface area (Å²) >= 11 is 0. The minimum atomic E-state index is 1.03. The first kappa shape index (κ1) is 9.98. The highest BCUT2D eigenvalue weighted by molar-refractivity contribution is 5.25. The maximum atomic E-state index is 5.52. The molecule has 1 rings (SSSR count). The van der Waals surface area contributed by atoms with Crippen molar-refractivity contribution in [2.45, 2.75) is 20.8 Å². The van der Waals surface area contributed by atoms with Gasteiger partial charge in [0, 0.05) is 6.20 Å². The van der Waals surface area contributed by atoms with Crippen LogP contribution >= 0.6 is 0 Å². The lowest BCUT2D eigenvalue weighted by Crippen LogP contribution is -2.24. The molecule has 2 N–H and O–H groups in total. The van der Waals surface area contributed by atoms with Crippen LogP contribution in [-0.2, 0) is 0 Å². The second kappa shape index (κ2) is 5.74. The van der Waals surface area contributed by atoms with Crippen molar-refractivity contribution in [2.75, 3.05) is 0 Å². The maximum absolute atomic E-state index is 5.52. The molecule has 0 saturated carbocycles. The lowest BCUT2D eigenvalue weighted by Gasteiger charge is -2.16. The van der Waals surface area contributed by atoms with Gasteiger partial charge in [-0.05, 0) is 19.1 Å². The van der Waals surface area contributed by atoms with Crippen molar-refractivity contribution in [2.24, 2.45) is 5.84 Å². The van der Waals surface area contributed by atoms with Crippen LogP contribution in [0.15, 0.2) is 36.2 Å². The van der Waals surface area contributed by atoms with Gasteiger partial charge < -0.3 is 0 Å². The highest BCUT2D eigenvalue weighted by Crippen LogP contribution is 2.05. The summed E-state index contributed by atoms with van der Waals surface area (Å²) in [6, 6.07) is 0. The smallest absolute Gasteiger partial charge is 0.0525 e. The number of hydrogen-bond acceptors (Lipinski definition) is 2. The van der Waals surface area contributed by atoms with Gasteiger partial charge >= 0.3 is 0 Å². The molecule has 0 unspecified atom stereocenters. The molecule has 0 amide bonds. The SMILES string of the molecule is C/C=C1/C=CC=CN1N.CC. The summed E-state index contributed by atoms with van der Waals surface area (Å²) in [6.45, 7) is 5.96. The minimum Gasteiger partial charge on any atom is -0.287 e. The highest BCUT2D eigenvalue weighted by atomic mass is 15.4. The van der Waals surface area contributed by atoms with Gasteiger partial charge in [-0.3, -0.25) is 5.01 Å². The standard InChI is InChI=1S/C7H10N2.C2H6/c1-2-7-5-3-4-6-9(7)8;1-2/h2-6H,8H2,1H3;1-2H3/b7-2-;. The van der Waals surface area contributed by atoms with Crippen LogP contribution in [0, 0.1) is 0 Å². The maximum Gasteiger partial charge on any atom is 0.0525 e. The second-order valence-electron chi connectivity index (χ2n) is 1.82. The van der Waals surface area contributed by atoms with E-state index in [0.717, 1.165) is 5.70 Å². The van der Waals surface area contributed by atoms with Crippen LogP contribution in [0.4, 0.5) is 0 Å². The molecule has 0 atom stereocenters. The van der Waals surface area contributed by atoms with Crippen molar-refractivity contribution >= 4 is 0 Å². The summed E-state index contributed by atoms with van der Waals surface area (Å²) in [5, 5.41) is 1.58. The van der Waals surface area contributed by atoms with Crippen molar-refractivity contribution in [3.05, 3.63) is 36.2 Å². The summed E-state index contributed by atoms with van der Waals surface area (Å²) in [4.78, 5) is 0. The first-order valence-corrected chi connectivity index (χ1v) is 3.89. The molecule has 62 valence electrons. The third kappa shape index (κ3) is 3.05. The molecule has 11 heavy (non-hydrogen) atoms. The van der Waals surface area contributed by atoms with E-state index in [1.165, 1.54) is 0 Å². The number of nitrogens with two attached hydrogens (primary N) is 1. The van der Waals surface area contributed by atoms with Crippen molar-refractivity contribution in [1.29, 1.82) is 0 Å². The fourth-order valence-electron chi connectivity index (χ4n) is 0.714. The Labute approximate surface area is 68.7 Å². The Morgan fingerprint density at radius 2 is 2.00 bits per heavy atom. The van der Waals surface area contributed by atoms with E-state index in [4.69, 9.17) is 5.84 Å². The summed E-state index contributed by atoms with van der Waals surface area (Å²) in [5.74, 6) is 5.52. The molecular weight excluding hydrogens is 136 g/mol. The molecule has 0 radical (unpaired) electrons. The summed E-state index contributed by atoms with van der Waals surface area (Å²) in [6.07, 6.45) is 9.58. The zero-order valence-electron chi connectivity index (χ0n) is 7.41. The Kier molecular flexibility index (Phi) is 5.21. The molecule has 0 aromatic carbocycles. The lowest BCUT2D eigenvalue weighted by molar-refractivity contribution is 0.504. The number of hydrogen-bond donors (Lipinski definition) is 1. The monoisotopic (exact) mass is 152 g/mol. The fraction of sp³-hybridized carbons (Fsp3) is 0.333. The molecule has 0 aromatic rings. The predicted octanol–water partition coefficient (Wildman–Crippen LogP) is 2.18. The Bertz CT molecular complexity index is 178. The molecule has 1 aliphatic rings. The number of hydrazine groups is 1. The van der Waals surface area contributed by atoms with Crippen LogP contribution in [0.5, 0.6) is 0 Å². The van der Waals surface area contributed by atoms with E-state index in [1.54, 1.807) is 5.01 Å². The Morgan fingerprint density at radius 1 is 1.36 bits per heavy atom. The van der Waals surface area contributed by atoms with Crippen LogP contribution in [0.2, 0.25) is 0 Å². The molecule has 2 heteroatoms. The van der Waals surface area contributed by atoms with Crippen molar-refractivity contribution < 1.29 is 0 Å². The van der Waals surface area contributed by atoms with Gasteiger partial charge in [-0.2, -0.15) is 0 Å². The first-order valence-electron chi connectivity index (χ1n) is 3.89. The normalized spacial score (nSPS) is 18.2. The third-order valence-corrected chi connectivity index (χ3v) is 1.22. The molecule has 0 fully saturated rings. The molecule has 0 spiro atoms. The van der Waals surface area contributed by atoms with Crippen LogP contribution in [0.25, 0.3) is 0 Å². The Balaban J connectivity index is 0.000000461. The first-order chi connectivity index (χ1) is 5.34. The minimum absolute atomic E-state index is 1.03. The third-order valence-electron chi connectivity index (χ3n) is 1.22. The van der Waals surface area contributed by atoms with E-state index in [2.05, 4.69) is 0 Å². The highest BCUT2D eigenvalue weighted by Gasteiger charge is 1.96. The quantitative estimate of drug-likeness (QED) is 0.539. The van der Waals surface area contributed by atoms with E-state index in [0.29, 0.717) is 0 Å². The van der Waals surface area contributed by atoms with E-state index >= 15 is 0 Å². The zero-order valence-corrected chi connectivity index (χ0v) is 7.41. The van der Waals surface area contributed by atoms with Gasteiger partial charge in [0.2, 0.25) is 0 Å². The number of allylic oxidation sites excluding steroid dienone is 4. The second-order valence-corrected chi connectivity index (χ2v) is 1.82. The van der Waals surface area contributed by atoms with Crippen LogP contribution < -0.4 is 5.84 Å². The summed E-state index contributed by atoms with van der Waals surface area (Å²) in [5.41, 5.74) is 1.03. The number of nitrogens with zero attached hydrogens (tertiary/aromatic N) is 1. The van der Waals surface area contributed by atoms with E-state index in [9.17, 15) is 0 Å². The Hall–Kier alpha value is -1.02. The molecule has 0 aliphatic carbocycles. The van der Waals surface area contributed by atoms with Gasteiger partial charge in [-0.1, -0.05) is 26.0 Å². The fourth-order valence-corrected chi connectivity index (χ4v) is 0.714. The van der Waals surface area contributed by atoms with Gasteiger partial charge in [0.25, 0.3) is 0 Å². The van der Waals surface area contributed by atoms with Crippen LogP contribution in [-0.4, -0.2) is 5.01 Å². The largest absolute Gasteiger partial charge is 0.287 e. The number of rotatable bonds is 0. The van der Waals surface area contributed by atoms with E-state index in [-0.39, 0.29) is 0 Å².